The molecule has 0 spiro atoms. The van der Waals surface area contributed by atoms with E-state index in [1.807, 2.05) is 54.6 Å². The normalized spacial score (nSPS) is 11.8. The lowest BCUT2D eigenvalue weighted by molar-refractivity contribution is 0.188. The Hall–Kier alpha value is -2.41. The van der Waals surface area contributed by atoms with E-state index in [4.69, 9.17) is 18.0 Å². The van der Waals surface area contributed by atoms with Crippen molar-refractivity contribution in [1.29, 1.82) is 0 Å². The van der Waals surface area contributed by atoms with Crippen LogP contribution >= 0.6 is 0 Å². The third kappa shape index (κ3) is 10.0. The van der Waals surface area contributed by atoms with Crippen molar-refractivity contribution >= 4 is 19.5 Å². The first kappa shape index (κ1) is 30.1. The summed E-state index contributed by atoms with van der Waals surface area (Å²) < 4.78 is 23.4. The van der Waals surface area contributed by atoms with Crippen LogP contribution in [0.3, 0.4) is 0 Å². The Morgan fingerprint density at radius 1 is 0.737 bits per heavy atom. The molecule has 3 aromatic rings. The molecule has 0 atom stereocenters. The van der Waals surface area contributed by atoms with E-state index < -0.39 is 8.56 Å². The van der Waals surface area contributed by atoms with Crippen LogP contribution in [-0.2, 0) is 8.85 Å². The summed E-state index contributed by atoms with van der Waals surface area (Å²) in [6, 6.07) is 18.3. The lowest BCUT2D eigenvalue weighted by Gasteiger charge is -2.25. The molecule has 0 saturated carbocycles. The van der Waals surface area contributed by atoms with E-state index in [1.54, 1.807) is 0 Å². The highest BCUT2D eigenvalue weighted by atomic mass is 28.4. The zero-order chi connectivity index (χ0) is 27.1. The molecule has 2 aromatic carbocycles. The second-order valence-electron chi connectivity index (χ2n) is 10.1. The number of hydrogen-bond donors (Lipinski definition) is 0. The summed E-state index contributed by atoms with van der Waals surface area (Å²) in [5.41, 5.74) is 1.68. The Morgan fingerprint density at radius 2 is 1.34 bits per heavy atom. The highest BCUT2D eigenvalue weighted by Crippen LogP contribution is 2.25. The van der Waals surface area contributed by atoms with E-state index in [-0.39, 0.29) is 5.63 Å². The number of fused-ring (bicyclic) bond motifs is 1. The summed E-state index contributed by atoms with van der Waals surface area (Å²) in [5.74, 6) is 0.749. The lowest BCUT2D eigenvalue weighted by Crippen LogP contribution is -2.38. The molecule has 0 bridgehead atoms. The van der Waals surface area contributed by atoms with Gasteiger partial charge in [-0.1, -0.05) is 88.1 Å². The minimum absolute atomic E-state index is 0.325. The van der Waals surface area contributed by atoms with Gasteiger partial charge in [-0.3, -0.25) is 0 Å². The molecular formula is C32H46O5Si. The van der Waals surface area contributed by atoms with Crippen LogP contribution in [0.4, 0.5) is 0 Å². The molecule has 0 aliphatic heterocycles. The summed E-state index contributed by atoms with van der Waals surface area (Å²) in [6.45, 7) is 8.52. The standard InChI is InChI=1S/C32H46O5Si/c1-4-35-38(3,36-5-2)24-18-13-11-9-7-6-8-10-12-17-23-34-29-22-21-28-25-30(27-19-15-14-16-20-27)32(33)37-31(28)26-29/h14-16,19-22,25-26H,4-13,17-18,23-24H2,1-3H3. The van der Waals surface area contributed by atoms with Gasteiger partial charge in [0.2, 0.25) is 0 Å². The Labute approximate surface area is 229 Å². The molecule has 0 N–H and O–H groups in total. The molecule has 0 aliphatic rings. The average molecular weight is 539 g/mol. The van der Waals surface area contributed by atoms with Gasteiger partial charge < -0.3 is 18.0 Å². The Morgan fingerprint density at radius 3 is 1.97 bits per heavy atom. The highest BCUT2D eigenvalue weighted by Gasteiger charge is 2.29. The predicted molar refractivity (Wildman–Crippen MR) is 159 cm³/mol. The van der Waals surface area contributed by atoms with Crippen molar-refractivity contribution in [2.45, 2.75) is 90.6 Å². The fourth-order valence-corrected chi connectivity index (χ4v) is 7.43. The zero-order valence-corrected chi connectivity index (χ0v) is 24.6. The lowest BCUT2D eigenvalue weighted by atomic mass is 10.1. The molecule has 0 amide bonds. The second-order valence-corrected chi connectivity index (χ2v) is 13.5. The van der Waals surface area contributed by atoms with Gasteiger partial charge in [0.05, 0.1) is 12.2 Å². The average Bonchev–Trinajstić information content (AvgIpc) is 2.91. The third-order valence-corrected chi connectivity index (χ3v) is 10.0. The summed E-state index contributed by atoms with van der Waals surface area (Å²) in [4.78, 5) is 12.5. The van der Waals surface area contributed by atoms with Crippen LogP contribution in [0, 0.1) is 0 Å². The second kappa shape index (κ2) is 16.5. The summed E-state index contributed by atoms with van der Waals surface area (Å²) >= 11 is 0. The van der Waals surface area contributed by atoms with Gasteiger partial charge in [-0.25, -0.2) is 4.79 Å². The first-order valence-corrected chi connectivity index (χ1v) is 17.1. The molecule has 6 heteroatoms. The van der Waals surface area contributed by atoms with Gasteiger partial charge in [0, 0.05) is 24.7 Å². The summed E-state index contributed by atoms with van der Waals surface area (Å²) in [7, 11) is -1.92. The van der Waals surface area contributed by atoms with Crippen molar-refractivity contribution < 1.29 is 18.0 Å². The monoisotopic (exact) mass is 538 g/mol. The molecule has 0 unspecified atom stereocenters. The maximum atomic E-state index is 12.5. The largest absolute Gasteiger partial charge is 0.493 e. The van der Waals surface area contributed by atoms with Crippen molar-refractivity contribution in [1.82, 2.24) is 0 Å². The SMILES string of the molecule is CCO[Si](C)(CCCCCCCCCCCCOc1ccc2cc(-c3ccccc3)c(=O)oc2c1)OCC. The summed E-state index contributed by atoms with van der Waals surface area (Å²) in [6.07, 6.45) is 12.6. The number of ether oxygens (including phenoxy) is 1. The molecule has 38 heavy (non-hydrogen) atoms. The van der Waals surface area contributed by atoms with E-state index in [9.17, 15) is 4.79 Å². The molecule has 1 aromatic heterocycles. The molecule has 0 radical (unpaired) electrons. The van der Waals surface area contributed by atoms with Gasteiger partial charge in [0.15, 0.2) is 0 Å². The van der Waals surface area contributed by atoms with Crippen LogP contribution in [0.2, 0.25) is 12.6 Å². The molecule has 0 saturated heterocycles. The van der Waals surface area contributed by atoms with Gasteiger partial charge in [0.25, 0.3) is 0 Å². The van der Waals surface area contributed by atoms with Gasteiger partial charge in [-0.05, 0) is 56.6 Å². The summed E-state index contributed by atoms with van der Waals surface area (Å²) in [5, 5.41) is 0.896. The fraction of sp³-hybridized carbons (Fsp3) is 0.531. The van der Waals surface area contributed by atoms with Crippen molar-refractivity contribution in [3.63, 3.8) is 0 Å². The van der Waals surface area contributed by atoms with Gasteiger partial charge in [0.1, 0.15) is 11.3 Å². The minimum atomic E-state index is -1.92. The van der Waals surface area contributed by atoms with E-state index in [2.05, 4.69) is 20.4 Å². The fourth-order valence-electron chi connectivity index (χ4n) is 4.95. The number of benzene rings is 2. The van der Waals surface area contributed by atoms with E-state index in [1.165, 1.54) is 57.8 Å². The van der Waals surface area contributed by atoms with Crippen molar-refractivity contribution in [3.05, 3.63) is 65.0 Å². The maximum absolute atomic E-state index is 12.5. The molecule has 0 fully saturated rings. The Bertz CT molecular complexity index is 1120. The zero-order valence-electron chi connectivity index (χ0n) is 23.6. The van der Waals surface area contributed by atoms with Crippen LogP contribution in [0.1, 0.15) is 78.1 Å². The molecule has 208 valence electrons. The van der Waals surface area contributed by atoms with Crippen LogP contribution in [0.25, 0.3) is 22.1 Å². The van der Waals surface area contributed by atoms with Crippen molar-refractivity contribution in [2.75, 3.05) is 19.8 Å². The Kier molecular flexibility index (Phi) is 13.1. The Balaban J connectivity index is 1.24. The highest BCUT2D eigenvalue weighted by molar-refractivity contribution is 6.66. The van der Waals surface area contributed by atoms with Gasteiger partial charge in [-0.2, -0.15) is 0 Å². The molecule has 3 rings (SSSR count). The number of rotatable bonds is 19. The van der Waals surface area contributed by atoms with Crippen LogP contribution in [0.15, 0.2) is 63.8 Å². The maximum Gasteiger partial charge on any atom is 0.344 e. The van der Waals surface area contributed by atoms with Crippen LogP contribution in [-0.4, -0.2) is 28.4 Å². The van der Waals surface area contributed by atoms with Crippen LogP contribution < -0.4 is 10.4 Å². The number of hydrogen-bond acceptors (Lipinski definition) is 5. The molecule has 5 nitrogen and oxygen atoms in total. The van der Waals surface area contributed by atoms with E-state index in [0.717, 1.165) is 42.4 Å². The molecule has 1 heterocycles. The first-order chi connectivity index (χ1) is 18.5. The smallest absolute Gasteiger partial charge is 0.344 e. The van der Waals surface area contributed by atoms with Gasteiger partial charge >= 0.3 is 14.2 Å². The predicted octanol–water partition coefficient (Wildman–Crippen LogP) is 8.88. The quantitative estimate of drug-likeness (QED) is 0.0866. The van der Waals surface area contributed by atoms with Crippen molar-refractivity contribution in [2.24, 2.45) is 0 Å². The number of unbranched alkanes of at least 4 members (excludes halogenated alkanes) is 9. The van der Waals surface area contributed by atoms with Crippen molar-refractivity contribution in [3.8, 4) is 16.9 Å². The molecular weight excluding hydrogens is 492 g/mol. The van der Waals surface area contributed by atoms with Gasteiger partial charge in [-0.15, -0.1) is 0 Å². The van der Waals surface area contributed by atoms with E-state index in [0.29, 0.717) is 17.8 Å². The minimum Gasteiger partial charge on any atom is -0.493 e. The van der Waals surface area contributed by atoms with E-state index >= 15 is 0 Å². The third-order valence-electron chi connectivity index (χ3n) is 6.99. The first-order valence-electron chi connectivity index (χ1n) is 14.6. The van der Waals surface area contributed by atoms with Crippen LogP contribution in [0.5, 0.6) is 5.75 Å². The topological polar surface area (TPSA) is 57.9 Å². The molecule has 0 aliphatic carbocycles.